The standard InChI is InChI=1S/C32H29F3N4O2/c1-4-5-27(21-6-9-26(10-7-21)38-19(2)40)32(36-3)30(14-20-12-24(34)16-25(35)13-20)39-31(41)15-22-18-37-29-11-8-23(33)17-28(22)29/h4-13,16-18,30,37H,3,14-15H2,1-2H3,(H,38,40)(H,39,41)/b5-4-,32-27+/t30-/m0/s1. The number of nitrogens with zero attached hydrogens (tertiary/aromatic N) is 1. The zero-order chi connectivity index (χ0) is 29.5. The smallest absolute Gasteiger partial charge is 0.225 e. The van der Waals surface area contributed by atoms with Crippen molar-refractivity contribution >= 4 is 40.7 Å². The fourth-order valence-electron chi connectivity index (χ4n) is 4.71. The summed E-state index contributed by atoms with van der Waals surface area (Å²) in [4.78, 5) is 32.1. The van der Waals surface area contributed by atoms with E-state index in [-0.39, 0.29) is 18.7 Å². The van der Waals surface area contributed by atoms with E-state index in [1.54, 1.807) is 48.7 Å². The number of aromatic nitrogens is 1. The molecule has 4 rings (SSSR count). The van der Waals surface area contributed by atoms with Crippen LogP contribution in [0.1, 0.15) is 30.5 Å². The van der Waals surface area contributed by atoms with Crippen LogP contribution in [0.2, 0.25) is 0 Å². The molecule has 0 bridgehead atoms. The lowest BCUT2D eigenvalue weighted by atomic mass is 9.95. The molecule has 1 heterocycles. The average molecular weight is 559 g/mol. The van der Waals surface area contributed by atoms with Gasteiger partial charge in [-0.15, -0.1) is 0 Å². The summed E-state index contributed by atoms with van der Waals surface area (Å²) in [5, 5.41) is 6.24. The van der Waals surface area contributed by atoms with Gasteiger partial charge in [-0.05, 0) is 79.2 Å². The number of nitrogens with one attached hydrogen (secondary N) is 3. The molecule has 4 aromatic rings. The summed E-state index contributed by atoms with van der Waals surface area (Å²) in [5.41, 5.74) is 3.90. The SMILES string of the molecule is C=N/C(=C(\C=C/C)c1ccc(NC(C)=O)cc1)[C@H](Cc1cc(F)cc(F)c1)NC(=O)Cc1c[nH]c2ccc(F)cc12. The van der Waals surface area contributed by atoms with E-state index < -0.39 is 29.4 Å². The van der Waals surface area contributed by atoms with Gasteiger partial charge in [-0.3, -0.25) is 14.6 Å². The van der Waals surface area contributed by atoms with Crippen LogP contribution in [0.3, 0.4) is 0 Å². The molecule has 1 aromatic heterocycles. The molecule has 41 heavy (non-hydrogen) atoms. The Balaban J connectivity index is 1.73. The summed E-state index contributed by atoms with van der Waals surface area (Å²) in [6.45, 7) is 6.96. The van der Waals surface area contributed by atoms with Gasteiger partial charge < -0.3 is 15.6 Å². The Morgan fingerprint density at radius 3 is 2.34 bits per heavy atom. The van der Waals surface area contributed by atoms with Gasteiger partial charge in [0.25, 0.3) is 0 Å². The monoisotopic (exact) mass is 558 g/mol. The molecule has 0 spiro atoms. The van der Waals surface area contributed by atoms with Crippen LogP contribution in [-0.4, -0.2) is 29.6 Å². The lowest BCUT2D eigenvalue weighted by Gasteiger charge is -2.22. The molecular formula is C32H29F3N4O2. The number of aliphatic imine (C=N–C) groups is 1. The molecule has 2 amide bonds. The number of hydrogen-bond donors (Lipinski definition) is 3. The Morgan fingerprint density at radius 1 is 1.00 bits per heavy atom. The fraction of sp³-hybridized carbons (Fsp3) is 0.156. The molecule has 0 unspecified atom stereocenters. The molecule has 3 N–H and O–H groups in total. The van der Waals surface area contributed by atoms with E-state index in [4.69, 9.17) is 0 Å². The van der Waals surface area contributed by atoms with E-state index >= 15 is 0 Å². The van der Waals surface area contributed by atoms with Gasteiger partial charge in [0.05, 0.1) is 18.2 Å². The molecule has 0 aliphatic rings. The zero-order valence-electron chi connectivity index (χ0n) is 22.6. The van der Waals surface area contributed by atoms with Crippen molar-refractivity contribution in [1.82, 2.24) is 10.3 Å². The number of H-pyrrole nitrogens is 1. The summed E-state index contributed by atoms with van der Waals surface area (Å²) in [6, 6.07) is 13.6. The van der Waals surface area contributed by atoms with Crippen LogP contribution in [0.25, 0.3) is 16.5 Å². The van der Waals surface area contributed by atoms with Gasteiger partial charge in [-0.1, -0.05) is 24.3 Å². The summed E-state index contributed by atoms with van der Waals surface area (Å²) in [5.74, 6) is -2.53. The number of benzene rings is 3. The maximum absolute atomic E-state index is 14.1. The van der Waals surface area contributed by atoms with E-state index in [1.165, 1.54) is 31.2 Å². The van der Waals surface area contributed by atoms with Crippen molar-refractivity contribution in [2.24, 2.45) is 4.99 Å². The van der Waals surface area contributed by atoms with Gasteiger partial charge in [0.2, 0.25) is 11.8 Å². The topological polar surface area (TPSA) is 86.3 Å². The number of halogens is 3. The molecule has 6 nitrogen and oxygen atoms in total. The Labute approximate surface area is 235 Å². The molecule has 0 fully saturated rings. The maximum atomic E-state index is 14.1. The van der Waals surface area contributed by atoms with Crippen molar-refractivity contribution in [3.8, 4) is 0 Å². The minimum Gasteiger partial charge on any atom is -0.361 e. The largest absolute Gasteiger partial charge is 0.361 e. The molecular weight excluding hydrogens is 529 g/mol. The highest BCUT2D eigenvalue weighted by Crippen LogP contribution is 2.27. The van der Waals surface area contributed by atoms with Crippen LogP contribution in [0, 0.1) is 17.5 Å². The number of fused-ring (bicyclic) bond motifs is 1. The molecule has 9 heteroatoms. The first-order valence-electron chi connectivity index (χ1n) is 12.9. The third-order valence-electron chi connectivity index (χ3n) is 6.40. The summed E-state index contributed by atoms with van der Waals surface area (Å²) >= 11 is 0. The van der Waals surface area contributed by atoms with E-state index in [1.807, 2.05) is 6.92 Å². The number of aromatic amines is 1. The summed E-state index contributed by atoms with van der Waals surface area (Å²) in [6.07, 6.45) is 5.17. The summed E-state index contributed by atoms with van der Waals surface area (Å²) in [7, 11) is 0. The van der Waals surface area contributed by atoms with Gasteiger partial charge in [-0.2, -0.15) is 0 Å². The van der Waals surface area contributed by atoms with Crippen LogP contribution < -0.4 is 10.6 Å². The number of rotatable bonds is 10. The van der Waals surface area contributed by atoms with E-state index in [9.17, 15) is 22.8 Å². The Bertz CT molecular complexity index is 1640. The summed E-state index contributed by atoms with van der Waals surface area (Å²) < 4.78 is 42.0. The van der Waals surface area contributed by atoms with Crippen molar-refractivity contribution in [1.29, 1.82) is 0 Å². The second-order valence-corrected chi connectivity index (χ2v) is 9.50. The number of carbonyl (C=O) groups excluding carboxylic acids is 2. The van der Waals surface area contributed by atoms with Crippen LogP contribution in [-0.2, 0) is 22.4 Å². The van der Waals surface area contributed by atoms with Crippen LogP contribution in [0.5, 0.6) is 0 Å². The van der Waals surface area contributed by atoms with Crippen LogP contribution >= 0.6 is 0 Å². The quantitative estimate of drug-likeness (QED) is 0.153. The molecule has 0 aliphatic heterocycles. The van der Waals surface area contributed by atoms with Crippen molar-refractivity contribution in [2.45, 2.75) is 32.7 Å². The molecule has 0 aliphatic carbocycles. The number of allylic oxidation sites excluding steroid dienone is 3. The third-order valence-corrected chi connectivity index (χ3v) is 6.40. The first-order valence-corrected chi connectivity index (χ1v) is 12.9. The predicted molar refractivity (Wildman–Crippen MR) is 156 cm³/mol. The van der Waals surface area contributed by atoms with Crippen molar-refractivity contribution in [2.75, 3.05) is 5.32 Å². The third kappa shape index (κ3) is 7.39. The highest BCUT2D eigenvalue weighted by atomic mass is 19.1. The normalized spacial score (nSPS) is 12.7. The van der Waals surface area contributed by atoms with Gasteiger partial charge >= 0.3 is 0 Å². The van der Waals surface area contributed by atoms with Gasteiger partial charge in [-0.25, -0.2) is 13.2 Å². The van der Waals surface area contributed by atoms with E-state index in [2.05, 4.69) is 27.3 Å². The van der Waals surface area contributed by atoms with Gasteiger partial charge in [0, 0.05) is 41.4 Å². The van der Waals surface area contributed by atoms with Crippen molar-refractivity contribution in [3.63, 3.8) is 0 Å². The lowest BCUT2D eigenvalue weighted by Crippen LogP contribution is -2.39. The van der Waals surface area contributed by atoms with Crippen molar-refractivity contribution in [3.05, 3.63) is 119 Å². The van der Waals surface area contributed by atoms with Crippen LogP contribution in [0.15, 0.2) is 89.7 Å². The second kappa shape index (κ2) is 13.0. The molecule has 1 atom stereocenters. The lowest BCUT2D eigenvalue weighted by molar-refractivity contribution is -0.121. The molecule has 0 saturated carbocycles. The number of carbonyl (C=O) groups is 2. The first-order chi connectivity index (χ1) is 19.7. The Morgan fingerprint density at radius 2 is 1.71 bits per heavy atom. The molecule has 3 aromatic carbocycles. The van der Waals surface area contributed by atoms with E-state index in [0.29, 0.717) is 39.0 Å². The second-order valence-electron chi connectivity index (χ2n) is 9.50. The number of anilines is 1. The van der Waals surface area contributed by atoms with Gasteiger partial charge in [0.15, 0.2) is 0 Å². The maximum Gasteiger partial charge on any atom is 0.225 e. The highest BCUT2D eigenvalue weighted by Gasteiger charge is 2.22. The highest BCUT2D eigenvalue weighted by molar-refractivity contribution is 5.90. The van der Waals surface area contributed by atoms with Gasteiger partial charge in [0.1, 0.15) is 17.5 Å². The Kier molecular flexibility index (Phi) is 9.19. The minimum atomic E-state index is -0.829. The Hall–Kier alpha value is -4.92. The zero-order valence-corrected chi connectivity index (χ0v) is 22.6. The first kappa shape index (κ1) is 29.1. The van der Waals surface area contributed by atoms with E-state index in [0.717, 1.165) is 11.6 Å². The van der Waals surface area contributed by atoms with Crippen molar-refractivity contribution < 1.29 is 22.8 Å². The fourth-order valence-corrected chi connectivity index (χ4v) is 4.71. The molecule has 0 radical (unpaired) electrons. The average Bonchev–Trinajstić information content (AvgIpc) is 3.29. The number of hydrogen-bond acceptors (Lipinski definition) is 3. The molecule has 210 valence electrons. The van der Waals surface area contributed by atoms with Crippen LogP contribution in [0.4, 0.5) is 18.9 Å². The predicted octanol–water partition coefficient (Wildman–Crippen LogP) is 6.50. The molecule has 0 saturated heterocycles. The minimum absolute atomic E-state index is 0.0162. The number of amides is 2.